The Kier molecular flexibility index (Phi) is 4.68. The van der Waals surface area contributed by atoms with Gasteiger partial charge in [-0.15, -0.1) is 0 Å². The summed E-state index contributed by atoms with van der Waals surface area (Å²) >= 11 is 0. The number of para-hydroxylation sites is 1. The molecular formula is C29H24N2O4. The van der Waals surface area contributed by atoms with Gasteiger partial charge >= 0.3 is 0 Å². The topological polar surface area (TPSA) is 75.7 Å². The standard InChI is InChI=1S/C29H24N2O4/c1-17(32)26-25(27(33)18-8-4-3-5-9-18)29(21-10-6-7-11-22(21)30-28(29)34)24-15-12-19-16-20(35-2)13-14-23(19)31(24)26/h3-16,24-26H,1-2H3,(H,30,34)/t24-,25-,26-,29-/m0/s1. The number of rotatable bonds is 4. The number of nitrogens with zero attached hydrogens (tertiary/aromatic N) is 1. The molecule has 6 rings (SSSR count). The Bertz CT molecular complexity index is 1410. The number of methoxy groups -OCH3 is 1. The molecule has 3 aromatic rings. The molecule has 3 aliphatic heterocycles. The van der Waals surface area contributed by atoms with Crippen LogP contribution in [0.1, 0.15) is 28.4 Å². The number of ether oxygens (including phenoxy) is 1. The summed E-state index contributed by atoms with van der Waals surface area (Å²) in [6, 6.07) is 20.7. The Morgan fingerprint density at radius 3 is 2.49 bits per heavy atom. The van der Waals surface area contributed by atoms with Crippen LogP contribution in [0.4, 0.5) is 11.4 Å². The van der Waals surface area contributed by atoms with E-state index in [9.17, 15) is 14.4 Å². The minimum absolute atomic E-state index is 0.157. The maximum atomic E-state index is 14.2. The lowest BCUT2D eigenvalue weighted by molar-refractivity contribution is -0.122. The van der Waals surface area contributed by atoms with Crippen LogP contribution in [-0.4, -0.2) is 36.7 Å². The molecule has 6 nitrogen and oxygen atoms in total. The van der Waals surface area contributed by atoms with Crippen molar-refractivity contribution in [2.75, 3.05) is 17.3 Å². The normalized spacial score (nSPS) is 25.6. The van der Waals surface area contributed by atoms with Gasteiger partial charge in [0.05, 0.1) is 25.1 Å². The Hall–Kier alpha value is -4.19. The van der Waals surface area contributed by atoms with Crippen molar-refractivity contribution in [3.05, 3.63) is 95.6 Å². The van der Waals surface area contributed by atoms with Crippen molar-refractivity contribution in [1.82, 2.24) is 0 Å². The highest BCUT2D eigenvalue weighted by atomic mass is 16.5. The monoisotopic (exact) mass is 464 g/mol. The molecule has 3 aromatic carbocycles. The molecule has 1 amide bonds. The molecule has 0 saturated carbocycles. The van der Waals surface area contributed by atoms with Crippen molar-refractivity contribution in [1.29, 1.82) is 0 Å². The summed E-state index contributed by atoms with van der Waals surface area (Å²) in [5, 5.41) is 3.02. The van der Waals surface area contributed by atoms with E-state index in [1.54, 1.807) is 31.4 Å². The van der Waals surface area contributed by atoms with Crippen LogP contribution >= 0.6 is 0 Å². The summed E-state index contributed by atoms with van der Waals surface area (Å²) in [4.78, 5) is 43.6. The lowest BCUT2D eigenvalue weighted by atomic mass is 9.64. The van der Waals surface area contributed by atoms with Gasteiger partial charge in [0.25, 0.3) is 0 Å². The second-order valence-corrected chi connectivity index (χ2v) is 9.27. The fourth-order valence-electron chi connectivity index (χ4n) is 6.22. The SMILES string of the molecule is COc1ccc2c(c1)C=C[C@@H]1N2[C@@H](C(C)=O)[C@@H](C(=O)c2ccccc2)[C@@]12C(=O)Nc1ccccc12. The van der Waals surface area contributed by atoms with Crippen LogP contribution in [0, 0.1) is 5.92 Å². The number of carbonyl (C=O) groups excluding carboxylic acids is 3. The number of carbonyl (C=O) groups is 3. The molecule has 1 saturated heterocycles. The first-order valence-electron chi connectivity index (χ1n) is 11.6. The number of hydrogen-bond donors (Lipinski definition) is 1. The van der Waals surface area contributed by atoms with Gasteiger partial charge in [-0.25, -0.2) is 0 Å². The van der Waals surface area contributed by atoms with Crippen LogP contribution in [0.3, 0.4) is 0 Å². The van der Waals surface area contributed by atoms with Crippen molar-refractivity contribution in [2.24, 2.45) is 5.92 Å². The Balaban J connectivity index is 1.65. The van der Waals surface area contributed by atoms with E-state index in [1.807, 2.05) is 65.6 Å². The molecule has 3 aliphatic rings. The lowest BCUT2D eigenvalue weighted by Gasteiger charge is -2.37. The molecule has 6 heteroatoms. The summed E-state index contributed by atoms with van der Waals surface area (Å²) in [5.41, 5.74) is 2.34. The van der Waals surface area contributed by atoms with Gasteiger partial charge in [0.2, 0.25) is 5.91 Å². The zero-order chi connectivity index (χ0) is 24.3. The molecule has 35 heavy (non-hydrogen) atoms. The predicted octanol–water partition coefficient (Wildman–Crippen LogP) is 4.26. The molecule has 3 heterocycles. The van der Waals surface area contributed by atoms with E-state index < -0.39 is 23.4 Å². The third-order valence-corrected chi connectivity index (χ3v) is 7.60. The van der Waals surface area contributed by atoms with Crippen molar-refractivity contribution < 1.29 is 19.1 Å². The number of ketones is 2. The quantitative estimate of drug-likeness (QED) is 0.584. The van der Waals surface area contributed by atoms with Gasteiger partial charge < -0.3 is 15.0 Å². The zero-order valence-electron chi connectivity index (χ0n) is 19.4. The van der Waals surface area contributed by atoms with E-state index in [0.717, 1.165) is 16.8 Å². The highest BCUT2D eigenvalue weighted by Gasteiger charge is 2.69. The number of hydrogen-bond acceptors (Lipinski definition) is 5. The molecule has 0 bridgehead atoms. The molecule has 0 aliphatic carbocycles. The van der Waals surface area contributed by atoms with Crippen LogP contribution < -0.4 is 15.0 Å². The number of amides is 1. The third-order valence-electron chi connectivity index (χ3n) is 7.60. The number of Topliss-reactive ketones (excluding diaryl/α,β-unsaturated/α-hetero) is 2. The molecule has 1 fully saturated rings. The molecular weight excluding hydrogens is 440 g/mol. The average Bonchev–Trinajstić information content (AvgIpc) is 3.36. The van der Waals surface area contributed by atoms with Crippen LogP contribution in [0.15, 0.2) is 78.9 Å². The maximum absolute atomic E-state index is 14.2. The van der Waals surface area contributed by atoms with Crippen molar-refractivity contribution >= 4 is 34.9 Å². The summed E-state index contributed by atoms with van der Waals surface area (Å²) in [6.45, 7) is 1.51. The van der Waals surface area contributed by atoms with Gasteiger partial charge in [-0.2, -0.15) is 0 Å². The van der Waals surface area contributed by atoms with E-state index in [1.165, 1.54) is 6.92 Å². The highest BCUT2D eigenvalue weighted by molar-refractivity contribution is 6.16. The first kappa shape index (κ1) is 21.4. The predicted molar refractivity (Wildman–Crippen MR) is 134 cm³/mol. The largest absolute Gasteiger partial charge is 0.497 e. The number of anilines is 2. The van der Waals surface area contributed by atoms with Gasteiger partial charge in [0, 0.05) is 22.5 Å². The fourth-order valence-corrected chi connectivity index (χ4v) is 6.22. The molecule has 0 unspecified atom stereocenters. The number of fused-ring (bicyclic) bond motifs is 6. The number of nitrogens with one attached hydrogen (secondary N) is 1. The molecule has 0 radical (unpaired) electrons. The van der Waals surface area contributed by atoms with E-state index in [2.05, 4.69) is 5.32 Å². The minimum atomic E-state index is -1.26. The molecule has 4 atom stereocenters. The maximum Gasteiger partial charge on any atom is 0.238 e. The van der Waals surface area contributed by atoms with Crippen LogP contribution in [0.25, 0.3) is 6.08 Å². The summed E-state index contributed by atoms with van der Waals surface area (Å²) < 4.78 is 5.40. The lowest BCUT2D eigenvalue weighted by Crippen LogP contribution is -2.51. The Morgan fingerprint density at radius 2 is 1.74 bits per heavy atom. The Morgan fingerprint density at radius 1 is 1.00 bits per heavy atom. The van der Waals surface area contributed by atoms with Crippen molar-refractivity contribution in [3.8, 4) is 5.75 Å². The molecule has 0 aromatic heterocycles. The first-order valence-corrected chi connectivity index (χ1v) is 11.6. The van der Waals surface area contributed by atoms with E-state index in [-0.39, 0.29) is 17.5 Å². The van der Waals surface area contributed by atoms with Crippen molar-refractivity contribution in [3.63, 3.8) is 0 Å². The van der Waals surface area contributed by atoms with Gasteiger partial charge in [0.15, 0.2) is 11.6 Å². The van der Waals surface area contributed by atoms with Gasteiger partial charge in [-0.1, -0.05) is 60.7 Å². The number of benzene rings is 3. The summed E-state index contributed by atoms with van der Waals surface area (Å²) in [5.74, 6) is -0.839. The second-order valence-electron chi connectivity index (χ2n) is 9.27. The fraction of sp³-hybridized carbons (Fsp3) is 0.207. The van der Waals surface area contributed by atoms with Crippen LogP contribution in [0.5, 0.6) is 5.75 Å². The van der Waals surface area contributed by atoms with Gasteiger partial charge in [-0.05, 0) is 36.8 Å². The zero-order valence-corrected chi connectivity index (χ0v) is 19.4. The van der Waals surface area contributed by atoms with Crippen LogP contribution in [0.2, 0.25) is 0 Å². The molecule has 1 spiro atoms. The third kappa shape index (κ3) is 2.80. The van der Waals surface area contributed by atoms with E-state index in [4.69, 9.17) is 4.74 Å². The summed E-state index contributed by atoms with van der Waals surface area (Å²) in [6.07, 6.45) is 3.92. The first-order chi connectivity index (χ1) is 17.0. The average molecular weight is 465 g/mol. The smallest absolute Gasteiger partial charge is 0.238 e. The minimum Gasteiger partial charge on any atom is -0.497 e. The van der Waals surface area contributed by atoms with Gasteiger partial charge in [0.1, 0.15) is 11.2 Å². The summed E-state index contributed by atoms with van der Waals surface area (Å²) in [7, 11) is 1.61. The van der Waals surface area contributed by atoms with Crippen molar-refractivity contribution in [2.45, 2.75) is 24.4 Å². The van der Waals surface area contributed by atoms with E-state index in [0.29, 0.717) is 17.0 Å². The van der Waals surface area contributed by atoms with Gasteiger partial charge in [-0.3, -0.25) is 14.4 Å². The second kappa shape index (κ2) is 7.67. The van der Waals surface area contributed by atoms with Crippen LogP contribution in [-0.2, 0) is 15.0 Å². The molecule has 174 valence electrons. The Labute approximate surface area is 203 Å². The van der Waals surface area contributed by atoms with E-state index >= 15 is 0 Å². The highest BCUT2D eigenvalue weighted by Crippen LogP contribution is 2.57. The molecule has 1 N–H and O–H groups in total.